The minimum atomic E-state index is -4.47. The average Bonchev–Trinajstić information content (AvgIpc) is 2.96. The van der Waals surface area contributed by atoms with Crippen LogP contribution in [0.25, 0.3) is 0 Å². The molecule has 3 aromatic carbocycles. The fourth-order valence-electron chi connectivity index (χ4n) is 4.25. The summed E-state index contributed by atoms with van der Waals surface area (Å²) in [7, 11) is -7.33. The molecule has 10 nitrogen and oxygen atoms in total. The van der Waals surface area contributed by atoms with Gasteiger partial charge in [-0.15, -0.1) is 0 Å². The fraction of sp³-hybridized carbons (Fsp3) is 0.345. The molecule has 3 aromatic rings. The number of benzene rings is 3. The summed E-state index contributed by atoms with van der Waals surface area (Å²) in [5.41, 5.74) is -1.12. The second-order valence-corrected chi connectivity index (χ2v) is 12.1. The third kappa shape index (κ3) is 7.62. The molecule has 0 bridgehead atoms. The van der Waals surface area contributed by atoms with E-state index in [1.807, 2.05) is 0 Å². The number of esters is 1. The summed E-state index contributed by atoms with van der Waals surface area (Å²) >= 11 is 0. The molecule has 3 rings (SSSR count). The van der Waals surface area contributed by atoms with Gasteiger partial charge in [0.05, 0.1) is 37.9 Å². The van der Waals surface area contributed by atoms with Crippen molar-refractivity contribution in [2.75, 3.05) is 26.9 Å². The molecule has 1 N–H and O–H groups in total. The number of aryl methyl sites for hydroxylation is 1. The van der Waals surface area contributed by atoms with E-state index in [-0.39, 0.29) is 30.3 Å². The highest BCUT2D eigenvalue weighted by atomic mass is 32.2. The third-order valence-electron chi connectivity index (χ3n) is 6.04. The van der Waals surface area contributed by atoms with E-state index in [0.717, 1.165) is 5.56 Å². The molecule has 0 amide bonds. The van der Waals surface area contributed by atoms with E-state index in [4.69, 9.17) is 23.0 Å². The summed E-state index contributed by atoms with van der Waals surface area (Å²) in [6.07, 6.45) is 0. The second kappa shape index (κ2) is 14.2. The molecule has 0 spiro atoms. The zero-order valence-electron chi connectivity index (χ0n) is 23.7. The molecule has 0 aliphatic rings. The van der Waals surface area contributed by atoms with Crippen LogP contribution in [0.3, 0.4) is 0 Å². The number of methoxy groups -OCH3 is 1. The predicted molar refractivity (Wildman–Crippen MR) is 154 cm³/mol. The molecule has 12 heteroatoms. The standard InChI is InChI=1S/C29H36NO9PS/c1-6-36-28(31)29(24-16-12-13-22(4)21-24,39-40(32,37-7-2)38-8-3)27(23-14-10-9-11-15-23)30-41(33,34)26-19-17-25(35-5)18-20-26/h9-21,27,30H,6-8H2,1-5H3/t27-,29+/m0/s1. The number of rotatable bonds is 15. The van der Waals surface area contributed by atoms with Crippen molar-refractivity contribution in [3.63, 3.8) is 0 Å². The Balaban J connectivity index is 2.38. The normalized spacial score (nSPS) is 14.2. The maximum Gasteiger partial charge on any atom is 0.476 e. The lowest BCUT2D eigenvalue weighted by atomic mass is 9.82. The number of sulfonamides is 1. The lowest BCUT2D eigenvalue weighted by Crippen LogP contribution is -2.51. The zero-order chi connectivity index (χ0) is 30.1. The number of carbonyl (C=O) groups is 1. The zero-order valence-corrected chi connectivity index (χ0v) is 25.4. The van der Waals surface area contributed by atoms with Crippen LogP contribution in [-0.4, -0.2) is 41.3 Å². The van der Waals surface area contributed by atoms with Gasteiger partial charge in [-0.1, -0.05) is 60.2 Å². The Labute approximate surface area is 241 Å². The van der Waals surface area contributed by atoms with Crippen LogP contribution in [0.5, 0.6) is 5.75 Å². The van der Waals surface area contributed by atoms with Gasteiger partial charge in [-0.25, -0.2) is 17.8 Å². The highest BCUT2D eigenvalue weighted by Gasteiger charge is 2.57. The summed E-state index contributed by atoms with van der Waals surface area (Å²) in [6.45, 7) is 6.36. The first kappa shape index (κ1) is 32.5. The van der Waals surface area contributed by atoms with E-state index in [2.05, 4.69) is 4.72 Å². The van der Waals surface area contributed by atoms with Crippen molar-refractivity contribution in [3.05, 3.63) is 95.6 Å². The monoisotopic (exact) mass is 605 g/mol. The van der Waals surface area contributed by atoms with Gasteiger partial charge in [0, 0.05) is 0 Å². The number of carbonyl (C=O) groups excluding carboxylic acids is 1. The van der Waals surface area contributed by atoms with Crippen LogP contribution in [0, 0.1) is 6.92 Å². The second-order valence-electron chi connectivity index (χ2n) is 8.84. The summed E-state index contributed by atoms with van der Waals surface area (Å²) < 4.78 is 72.1. The van der Waals surface area contributed by atoms with Crippen molar-refractivity contribution >= 4 is 23.8 Å². The van der Waals surface area contributed by atoms with E-state index in [1.165, 1.54) is 31.4 Å². The quantitative estimate of drug-likeness (QED) is 0.172. The maximum atomic E-state index is 14.2. The van der Waals surface area contributed by atoms with Gasteiger partial charge in [-0.3, -0.25) is 13.6 Å². The van der Waals surface area contributed by atoms with Gasteiger partial charge in [-0.05, 0) is 63.1 Å². The molecule has 0 aromatic heterocycles. The smallest absolute Gasteiger partial charge is 0.476 e. The Hall–Kier alpha value is -3.05. The van der Waals surface area contributed by atoms with E-state index in [9.17, 15) is 17.8 Å². The molecule has 0 saturated carbocycles. The van der Waals surface area contributed by atoms with E-state index < -0.39 is 35.5 Å². The SMILES string of the molecule is CCOC(=O)[C@@](OP(=O)(OCC)OCC)(c1cccc(C)c1)[C@@H](NS(=O)(=O)c1ccc(OC)cc1)c1ccccc1. The van der Waals surface area contributed by atoms with Gasteiger partial charge in [0.2, 0.25) is 15.6 Å². The van der Waals surface area contributed by atoms with Gasteiger partial charge in [0.15, 0.2) is 0 Å². The molecular formula is C29H36NO9PS. The van der Waals surface area contributed by atoms with Gasteiger partial charge in [0.25, 0.3) is 0 Å². The number of ether oxygens (including phenoxy) is 2. The van der Waals surface area contributed by atoms with Crippen LogP contribution in [0.15, 0.2) is 83.8 Å². The molecule has 0 aliphatic carbocycles. The number of nitrogens with one attached hydrogen (secondary N) is 1. The van der Waals surface area contributed by atoms with Crippen molar-refractivity contribution < 1.29 is 40.8 Å². The van der Waals surface area contributed by atoms with Crippen LogP contribution in [-0.2, 0) is 43.3 Å². The van der Waals surface area contributed by atoms with Crippen molar-refractivity contribution in [1.82, 2.24) is 4.72 Å². The first-order valence-corrected chi connectivity index (χ1v) is 16.0. The lowest BCUT2D eigenvalue weighted by Gasteiger charge is -2.40. The number of phosphoric acid groups is 1. The fourth-order valence-corrected chi connectivity index (χ4v) is 6.94. The molecule has 0 fully saturated rings. The van der Waals surface area contributed by atoms with Crippen molar-refractivity contribution in [1.29, 1.82) is 0 Å². The van der Waals surface area contributed by atoms with Gasteiger partial charge in [0.1, 0.15) is 5.75 Å². The van der Waals surface area contributed by atoms with E-state index in [0.29, 0.717) is 11.3 Å². The highest BCUT2D eigenvalue weighted by molar-refractivity contribution is 7.89. The lowest BCUT2D eigenvalue weighted by molar-refractivity contribution is -0.168. The Bertz CT molecular complexity index is 1440. The Morgan fingerprint density at radius 2 is 1.54 bits per heavy atom. The Morgan fingerprint density at radius 3 is 2.07 bits per heavy atom. The molecule has 222 valence electrons. The summed E-state index contributed by atoms with van der Waals surface area (Å²) in [5.74, 6) is -0.529. The first-order valence-electron chi connectivity index (χ1n) is 13.1. The van der Waals surface area contributed by atoms with Crippen LogP contribution in [0.2, 0.25) is 0 Å². The molecule has 41 heavy (non-hydrogen) atoms. The van der Waals surface area contributed by atoms with E-state index in [1.54, 1.807) is 82.3 Å². The molecule has 0 unspecified atom stereocenters. The van der Waals surface area contributed by atoms with Gasteiger partial charge in [-0.2, -0.15) is 4.72 Å². The van der Waals surface area contributed by atoms with Crippen LogP contribution >= 0.6 is 7.82 Å². The molecule has 0 heterocycles. The Morgan fingerprint density at radius 1 is 0.902 bits per heavy atom. The molecular weight excluding hydrogens is 569 g/mol. The van der Waals surface area contributed by atoms with Crippen LogP contribution in [0.4, 0.5) is 0 Å². The molecule has 0 aliphatic heterocycles. The van der Waals surface area contributed by atoms with Crippen LogP contribution < -0.4 is 9.46 Å². The van der Waals surface area contributed by atoms with Gasteiger partial charge >= 0.3 is 13.8 Å². The predicted octanol–water partition coefficient (Wildman–Crippen LogP) is 5.68. The summed E-state index contributed by atoms with van der Waals surface area (Å²) in [6, 6.07) is 19.3. The van der Waals surface area contributed by atoms with Gasteiger partial charge < -0.3 is 9.47 Å². The number of hydrogen-bond donors (Lipinski definition) is 1. The molecule has 0 saturated heterocycles. The van der Waals surface area contributed by atoms with Crippen molar-refractivity contribution in [2.24, 2.45) is 0 Å². The third-order valence-corrected chi connectivity index (χ3v) is 9.14. The average molecular weight is 606 g/mol. The molecule has 2 atom stereocenters. The number of phosphoric ester groups is 1. The molecule has 0 radical (unpaired) electrons. The van der Waals surface area contributed by atoms with Crippen molar-refractivity contribution in [3.8, 4) is 5.75 Å². The van der Waals surface area contributed by atoms with E-state index >= 15 is 0 Å². The largest absolute Gasteiger partial charge is 0.497 e. The topological polar surface area (TPSA) is 126 Å². The Kier molecular flexibility index (Phi) is 11.3. The minimum absolute atomic E-state index is 0.0718. The summed E-state index contributed by atoms with van der Waals surface area (Å²) in [5, 5.41) is 0. The highest BCUT2D eigenvalue weighted by Crippen LogP contribution is 2.58. The minimum Gasteiger partial charge on any atom is -0.497 e. The summed E-state index contributed by atoms with van der Waals surface area (Å²) in [4.78, 5) is 14.1. The maximum absolute atomic E-state index is 14.2. The van der Waals surface area contributed by atoms with Crippen molar-refractivity contribution in [2.45, 2.75) is 44.2 Å². The number of hydrogen-bond acceptors (Lipinski definition) is 9. The van der Waals surface area contributed by atoms with Crippen LogP contribution in [0.1, 0.15) is 43.5 Å². The first-order chi connectivity index (χ1) is 19.5.